The molecule has 1 aromatic carbocycles. The van der Waals surface area contributed by atoms with Crippen LogP contribution < -0.4 is 5.32 Å². The molecule has 1 atom stereocenters. The summed E-state index contributed by atoms with van der Waals surface area (Å²) in [7, 11) is 0. The topological polar surface area (TPSA) is 55.1 Å². The van der Waals surface area contributed by atoms with Crippen LogP contribution in [0.4, 0.5) is 5.88 Å². The van der Waals surface area contributed by atoms with Crippen molar-refractivity contribution in [3.63, 3.8) is 0 Å². The van der Waals surface area contributed by atoms with Crippen molar-refractivity contribution < 1.29 is 9.32 Å². The van der Waals surface area contributed by atoms with Gasteiger partial charge >= 0.3 is 0 Å². The zero-order chi connectivity index (χ0) is 14.1. The number of hydrogen-bond donors (Lipinski definition) is 1. The van der Waals surface area contributed by atoms with E-state index < -0.39 is 0 Å². The van der Waals surface area contributed by atoms with E-state index in [1.54, 1.807) is 6.07 Å². The third-order valence-electron chi connectivity index (χ3n) is 3.64. The number of halogens is 1. The third kappa shape index (κ3) is 2.50. The van der Waals surface area contributed by atoms with E-state index in [0.29, 0.717) is 17.4 Å². The number of anilines is 1. The maximum Gasteiger partial charge on any atom is 0.259 e. The van der Waals surface area contributed by atoms with Gasteiger partial charge in [0.1, 0.15) is 0 Å². The van der Waals surface area contributed by atoms with E-state index >= 15 is 0 Å². The molecule has 1 aliphatic rings. The fourth-order valence-corrected chi connectivity index (χ4v) is 2.96. The molecular formula is C15H15BrN2O2. The molecule has 3 rings (SSSR count). The van der Waals surface area contributed by atoms with E-state index in [1.807, 2.05) is 18.2 Å². The fourth-order valence-electron chi connectivity index (χ4n) is 2.50. The Balaban J connectivity index is 1.84. The molecule has 1 N–H and O–H groups in total. The lowest BCUT2D eigenvalue weighted by Crippen LogP contribution is -2.16. The number of hydrogen-bond acceptors (Lipinski definition) is 3. The van der Waals surface area contributed by atoms with E-state index in [2.05, 4.69) is 33.3 Å². The Bertz CT molecular complexity index is 651. The lowest BCUT2D eigenvalue weighted by Gasteiger charge is -2.16. The quantitative estimate of drug-likeness (QED) is 0.908. The van der Waals surface area contributed by atoms with Gasteiger partial charge in [0.05, 0.1) is 11.3 Å². The summed E-state index contributed by atoms with van der Waals surface area (Å²) in [5.74, 6) is 0.906. The zero-order valence-corrected chi connectivity index (χ0v) is 12.7. The predicted octanol–water partition coefficient (Wildman–Crippen LogP) is 3.81. The molecule has 5 heteroatoms. The maximum absolute atomic E-state index is 12.3. The maximum atomic E-state index is 12.3. The molecule has 1 amide bonds. The van der Waals surface area contributed by atoms with Gasteiger partial charge in [-0.15, -0.1) is 0 Å². The monoisotopic (exact) mass is 334 g/mol. The Morgan fingerprint density at radius 3 is 3.05 bits per heavy atom. The first kappa shape index (κ1) is 13.4. The van der Waals surface area contributed by atoms with E-state index in [-0.39, 0.29) is 5.91 Å². The van der Waals surface area contributed by atoms with E-state index in [1.165, 1.54) is 0 Å². The van der Waals surface area contributed by atoms with Crippen LogP contribution in [0.3, 0.4) is 0 Å². The molecular weight excluding hydrogens is 320 g/mol. The summed E-state index contributed by atoms with van der Waals surface area (Å²) in [6.45, 7) is 2.20. The normalized spacial score (nSPS) is 17.6. The molecule has 2 aromatic rings. The first-order chi connectivity index (χ1) is 9.65. The van der Waals surface area contributed by atoms with Crippen molar-refractivity contribution in [3.05, 3.63) is 45.6 Å². The molecule has 1 unspecified atom stereocenters. The second-order valence-electron chi connectivity index (χ2n) is 5.22. The van der Waals surface area contributed by atoms with Crippen molar-refractivity contribution in [2.45, 2.75) is 26.2 Å². The highest BCUT2D eigenvalue weighted by atomic mass is 79.9. The number of amides is 1. The predicted molar refractivity (Wildman–Crippen MR) is 79.8 cm³/mol. The Kier molecular flexibility index (Phi) is 3.61. The molecule has 0 bridgehead atoms. The van der Waals surface area contributed by atoms with Gasteiger partial charge in [-0.1, -0.05) is 24.2 Å². The number of carbonyl (C=O) groups excluding carboxylic acids is 1. The molecule has 0 saturated heterocycles. The summed E-state index contributed by atoms with van der Waals surface area (Å²) in [6, 6.07) is 7.31. The molecule has 4 nitrogen and oxygen atoms in total. The number of aryl methyl sites for hydroxylation is 1. The number of fused-ring (bicyclic) bond motifs is 1. The van der Waals surface area contributed by atoms with Crippen molar-refractivity contribution in [1.29, 1.82) is 0 Å². The molecule has 0 saturated carbocycles. The summed E-state index contributed by atoms with van der Waals surface area (Å²) in [5.41, 5.74) is 2.61. The Morgan fingerprint density at radius 1 is 1.45 bits per heavy atom. The van der Waals surface area contributed by atoms with Crippen LogP contribution in [0.2, 0.25) is 0 Å². The number of nitrogens with one attached hydrogen (secondary N) is 1. The van der Waals surface area contributed by atoms with Crippen molar-refractivity contribution in [3.8, 4) is 0 Å². The minimum atomic E-state index is -0.186. The van der Waals surface area contributed by atoms with Gasteiger partial charge < -0.3 is 4.52 Å². The van der Waals surface area contributed by atoms with Gasteiger partial charge in [-0.05, 0) is 53.2 Å². The first-order valence-corrected chi connectivity index (χ1v) is 7.47. The summed E-state index contributed by atoms with van der Waals surface area (Å²) < 4.78 is 6.06. The second kappa shape index (κ2) is 5.40. The number of benzene rings is 1. The summed E-state index contributed by atoms with van der Waals surface area (Å²) in [6.07, 6.45) is 2.95. The first-order valence-electron chi connectivity index (χ1n) is 6.68. The lowest BCUT2D eigenvalue weighted by atomic mass is 9.89. The molecule has 0 spiro atoms. The van der Waals surface area contributed by atoms with Crippen molar-refractivity contribution >= 4 is 27.7 Å². The van der Waals surface area contributed by atoms with E-state index in [0.717, 1.165) is 35.0 Å². The van der Waals surface area contributed by atoms with Crippen LogP contribution >= 0.6 is 15.9 Å². The number of aromatic nitrogens is 1. The highest BCUT2D eigenvalue weighted by molar-refractivity contribution is 9.10. The van der Waals surface area contributed by atoms with Gasteiger partial charge in [0.15, 0.2) is 0 Å². The Hall–Kier alpha value is -1.62. The van der Waals surface area contributed by atoms with Crippen LogP contribution in [0.15, 0.2) is 33.3 Å². The average molecular weight is 335 g/mol. The van der Waals surface area contributed by atoms with E-state index in [4.69, 9.17) is 4.52 Å². The molecule has 0 aliphatic heterocycles. The molecule has 20 heavy (non-hydrogen) atoms. The molecule has 0 radical (unpaired) electrons. The van der Waals surface area contributed by atoms with Crippen LogP contribution in [0.5, 0.6) is 0 Å². The smallest absolute Gasteiger partial charge is 0.259 e. The summed E-state index contributed by atoms with van der Waals surface area (Å²) in [5, 5.41) is 6.89. The van der Waals surface area contributed by atoms with Gasteiger partial charge in [-0.25, -0.2) is 0 Å². The van der Waals surface area contributed by atoms with Crippen LogP contribution in [0, 0.1) is 5.92 Å². The van der Waals surface area contributed by atoms with Crippen molar-refractivity contribution in [2.24, 2.45) is 5.92 Å². The zero-order valence-electron chi connectivity index (χ0n) is 11.1. The number of carbonyl (C=O) groups is 1. The number of nitrogens with zero attached hydrogens (tertiary/aromatic N) is 1. The van der Waals surface area contributed by atoms with Gasteiger partial charge in [0.25, 0.3) is 5.91 Å². The lowest BCUT2D eigenvalue weighted by molar-refractivity contribution is 0.102. The molecule has 0 fully saturated rings. The van der Waals surface area contributed by atoms with Gasteiger partial charge in [-0.3, -0.25) is 10.1 Å². The largest absolute Gasteiger partial charge is 0.338 e. The van der Waals surface area contributed by atoms with E-state index in [9.17, 15) is 4.79 Å². The number of rotatable bonds is 2. The Labute approximate surface area is 125 Å². The molecule has 1 heterocycles. The van der Waals surface area contributed by atoms with Crippen LogP contribution in [-0.2, 0) is 12.8 Å². The van der Waals surface area contributed by atoms with Gasteiger partial charge in [0, 0.05) is 10.0 Å². The average Bonchev–Trinajstić information content (AvgIpc) is 2.82. The fraction of sp³-hybridized carbons (Fsp3) is 0.333. The van der Waals surface area contributed by atoms with Crippen molar-refractivity contribution in [1.82, 2.24) is 5.16 Å². The minimum Gasteiger partial charge on any atom is -0.338 e. The standard InChI is InChI=1S/C15H15BrN2O2/c1-9-6-7-13-11(8-9)15(20-18-13)17-14(19)10-4-2-3-5-12(10)16/h2-5,9H,6-8H2,1H3,(H,17,19). The highest BCUT2D eigenvalue weighted by Gasteiger charge is 2.24. The SMILES string of the molecule is CC1CCc2noc(NC(=O)c3ccccc3Br)c2C1. The van der Waals surface area contributed by atoms with Crippen LogP contribution in [0.1, 0.15) is 35.0 Å². The Morgan fingerprint density at radius 2 is 2.25 bits per heavy atom. The molecule has 104 valence electrons. The highest BCUT2D eigenvalue weighted by Crippen LogP contribution is 2.31. The van der Waals surface area contributed by atoms with Gasteiger partial charge in [0.2, 0.25) is 5.88 Å². The minimum absolute atomic E-state index is 0.186. The molecule has 1 aliphatic carbocycles. The van der Waals surface area contributed by atoms with Crippen LogP contribution in [0.25, 0.3) is 0 Å². The third-order valence-corrected chi connectivity index (χ3v) is 4.33. The summed E-state index contributed by atoms with van der Waals surface area (Å²) in [4.78, 5) is 12.3. The second-order valence-corrected chi connectivity index (χ2v) is 6.07. The van der Waals surface area contributed by atoms with Crippen LogP contribution in [-0.4, -0.2) is 11.1 Å². The van der Waals surface area contributed by atoms with Crippen molar-refractivity contribution in [2.75, 3.05) is 5.32 Å². The van der Waals surface area contributed by atoms with Gasteiger partial charge in [-0.2, -0.15) is 0 Å². The molecule has 1 aromatic heterocycles. The summed E-state index contributed by atoms with van der Waals surface area (Å²) >= 11 is 3.38.